The molecule has 1 unspecified atom stereocenters. The van der Waals surface area contributed by atoms with Crippen molar-refractivity contribution in [3.8, 4) is 0 Å². The fourth-order valence-corrected chi connectivity index (χ4v) is 2.38. The first-order valence-corrected chi connectivity index (χ1v) is 7.21. The molecule has 1 N–H and O–H groups in total. The molecule has 0 amide bonds. The van der Waals surface area contributed by atoms with E-state index in [-0.39, 0.29) is 24.0 Å². The van der Waals surface area contributed by atoms with Crippen LogP contribution in [0.25, 0.3) is 0 Å². The fourth-order valence-electron chi connectivity index (χ4n) is 2.38. The highest BCUT2D eigenvalue weighted by atomic mass is 16.4. The quantitative estimate of drug-likeness (QED) is 0.889. The van der Waals surface area contributed by atoms with Gasteiger partial charge in [-0.3, -0.25) is 9.69 Å². The molecule has 1 aromatic carbocycles. The molecule has 1 aromatic rings. The third-order valence-corrected chi connectivity index (χ3v) is 3.74. The van der Waals surface area contributed by atoms with Crippen molar-refractivity contribution in [2.45, 2.75) is 59.0 Å². The van der Waals surface area contributed by atoms with Crippen LogP contribution in [0.3, 0.4) is 0 Å². The summed E-state index contributed by atoms with van der Waals surface area (Å²) in [5, 5.41) is 9.04. The summed E-state index contributed by atoms with van der Waals surface area (Å²) < 4.78 is 0. The van der Waals surface area contributed by atoms with Crippen molar-refractivity contribution in [1.29, 1.82) is 0 Å². The number of hydrogen-bond donors (Lipinski definition) is 1. The van der Waals surface area contributed by atoms with Gasteiger partial charge in [-0.15, -0.1) is 0 Å². The molecule has 0 heterocycles. The Morgan fingerprint density at radius 3 is 2.00 bits per heavy atom. The van der Waals surface area contributed by atoms with E-state index in [2.05, 4.69) is 52.0 Å². The molecule has 112 valence electrons. The van der Waals surface area contributed by atoms with E-state index in [1.165, 1.54) is 5.56 Å². The second-order valence-electron chi connectivity index (χ2n) is 6.71. The van der Waals surface area contributed by atoms with Crippen molar-refractivity contribution in [1.82, 2.24) is 4.90 Å². The normalized spacial score (nSPS) is 13.8. The molecule has 0 bridgehead atoms. The van der Waals surface area contributed by atoms with Gasteiger partial charge in [0.1, 0.15) is 0 Å². The van der Waals surface area contributed by atoms with E-state index in [9.17, 15) is 4.79 Å². The van der Waals surface area contributed by atoms with Gasteiger partial charge in [-0.25, -0.2) is 0 Å². The third kappa shape index (κ3) is 4.34. The van der Waals surface area contributed by atoms with Crippen LogP contribution in [0.4, 0.5) is 0 Å². The maximum Gasteiger partial charge on any atom is 0.317 e. The summed E-state index contributed by atoms with van der Waals surface area (Å²) >= 11 is 0. The number of hydrogen-bond acceptors (Lipinski definition) is 2. The monoisotopic (exact) mass is 277 g/mol. The number of carboxylic acids is 1. The zero-order chi connectivity index (χ0) is 15.5. The lowest BCUT2D eigenvalue weighted by Crippen LogP contribution is -2.37. The van der Waals surface area contributed by atoms with E-state index >= 15 is 0 Å². The number of carboxylic acid groups (broad SMARTS) is 1. The molecular formula is C17H27NO2. The first-order valence-electron chi connectivity index (χ1n) is 7.21. The number of carbonyl (C=O) groups is 1. The van der Waals surface area contributed by atoms with Gasteiger partial charge in [0.15, 0.2) is 0 Å². The average molecular weight is 277 g/mol. The van der Waals surface area contributed by atoms with E-state index in [0.29, 0.717) is 0 Å². The number of aliphatic carboxylic acids is 1. The molecule has 1 rings (SSSR count). The lowest BCUT2D eigenvalue weighted by atomic mass is 9.86. The van der Waals surface area contributed by atoms with Gasteiger partial charge in [0.05, 0.1) is 6.54 Å². The average Bonchev–Trinajstić information content (AvgIpc) is 2.33. The zero-order valence-corrected chi connectivity index (χ0v) is 13.5. The van der Waals surface area contributed by atoms with Crippen LogP contribution in [0.15, 0.2) is 24.3 Å². The van der Waals surface area contributed by atoms with E-state index in [1.54, 1.807) is 0 Å². The fraction of sp³-hybridized carbons (Fsp3) is 0.588. The van der Waals surface area contributed by atoms with Gasteiger partial charge >= 0.3 is 5.97 Å². The molecule has 0 aliphatic heterocycles. The summed E-state index contributed by atoms with van der Waals surface area (Å²) in [5.41, 5.74) is 2.59. The largest absolute Gasteiger partial charge is 0.480 e. The first-order chi connectivity index (χ1) is 9.12. The molecule has 0 aliphatic carbocycles. The summed E-state index contributed by atoms with van der Waals surface area (Å²) in [6, 6.07) is 8.81. The van der Waals surface area contributed by atoms with Crippen LogP contribution in [0.2, 0.25) is 0 Å². The molecule has 0 saturated heterocycles. The van der Waals surface area contributed by atoms with Gasteiger partial charge < -0.3 is 5.11 Å². The second kappa shape index (κ2) is 6.40. The summed E-state index contributed by atoms with van der Waals surface area (Å²) in [6.45, 7) is 12.8. The van der Waals surface area contributed by atoms with Crippen LogP contribution in [-0.4, -0.2) is 28.6 Å². The molecule has 0 saturated carbocycles. The van der Waals surface area contributed by atoms with Crippen LogP contribution in [0, 0.1) is 0 Å². The third-order valence-electron chi connectivity index (χ3n) is 3.74. The summed E-state index contributed by atoms with van der Waals surface area (Å²) in [6.07, 6.45) is 0. The second-order valence-corrected chi connectivity index (χ2v) is 6.71. The van der Waals surface area contributed by atoms with Crippen molar-refractivity contribution in [2.75, 3.05) is 6.54 Å². The van der Waals surface area contributed by atoms with Gasteiger partial charge in [-0.1, -0.05) is 45.0 Å². The van der Waals surface area contributed by atoms with Gasteiger partial charge in [-0.05, 0) is 37.3 Å². The molecule has 1 atom stereocenters. The van der Waals surface area contributed by atoms with Gasteiger partial charge in [0.25, 0.3) is 0 Å². The predicted octanol–water partition coefficient (Wildman–Crippen LogP) is 3.84. The first kappa shape index (κ1) is 16.7. The van der Waals surface area contributed by atoms with Crippen molar-refractivity contribution in [3.63, 3.8) is 0 Å². The number of benzene rings is 1. The highest BCUT2D eigenvalue weighted by molar-refractivity contribution is 5.69. The Labute approximate surface area is 122 Å². The highest BCUT2D eigenvalue weighted by Crippen LogP contribution is 2.26. The molecule has 3 heteroatoms. The maximum absolute atomic E-state index is 11.0. The van der Waals surface area contributed by atoms with Crippen LogP contribution < -0.4 is 0 Å². The van der Waals surface area contributed by atoms with E-state index in [0.717, 1.165) is 5.56 Å². The molecular weight excluding hydrogens is 250 g/mol. The Morgan fingerprint density at radius 1 is 1.15 bits per heavy atom. The van der Waals surface area contributed by atoms with Crippen LogP contribution in [0.1, 0.15) is 58.7 Å². The van der Waals surface area contributed by atoms with Crippen LogP contribution in [-0.2, 0) is 10.2 Å². The van der Waals surface area contributed by atoms with Crippen molar-refractivity contribution in [3.05, 3.63) is 35.4 Å². The predicted molar refractivity (Wildman–Crippen MR) is 83.0 cm³/mol. The van der Waals surface area contributed by atoms with Crippen molar-refractivity contribution < 1.29 is 9.90 Å². The van der Waals surface area contributed by atoms with Crippen molar-refractivity contribution in [2.24, 2.45) is 0 Å². The number of rotatable bonds is 5. The summed E-state index contributed by atoms with van der Waals surface area (Å²) in [5.74, 6) is -0.781. The summed E-state index contributed by atoms with van der Waals surface area (Å²) in [4.78, 5) is 13.0. The Bertz CT molecular complexity index is 443. The number of nitrogens with zero attached hydrogens (tertiary/aromatic N) is 1. The SMILES string of the molecule is CC(C)N(CC(=O)O)C(C)c1ccc(C(C)(C)C)cc1. The van der Waals surface area contributed by atoms with E-state index < -0.39 is 5.97 Å². The van der Waals surface area contributed by atoms with Crippen molar-refractivity contribution >= 4 is 5.97 Å². The molecule has 0 aromatic heterocycles. The molecule has 0 spiro atoms. The molecule has 0 aliphatic rings. The minimum Gasteiger partial charge on any atom is -0.480 e. The summed E-state index contributed by atoms with van der Waals surface area (Å²) in [7, 11) is 0. The zero-order valence-electron chi connectivity index (χ0n) is 13.5. The lowest BCUT2D eigenvalue weighted by molar-refractivity contribution is -0.139. The van der Waals surface area contributed by atoms with E-state index in [4.69, 9.17) is 5.11 Å². The highest BCUT2D eigenvalue weighted by Gasteiger charge is 2.22. The minimum atomic E-state index is -0.781. The van der Waals surface area contributed by atoms with Crippen LogP contribution >= 0.6 is 0 Å². The maximum atomic E-state index is 11.0. The lowest BCUT2D eigenvalue weighted by Gasteiger charge is -2.32. The van der Waals surface area contributed by atoms with Gasteiger partial charge in [-0.2, -0.15) is 0 Å². The van der Waals surface area contributed by atoms with Crippen LogP contribution in [0.5, 0.6) is 0 Å². The smallest absolute Gasteiger partial charge is 0.317 e. The Morgan fingerprint density at radius 2 is 1.65 bits per heavy atom. The Balaban J connectivity index is 2.95. The topological polar surface area (TPSA) is 40.5 Å². The molecule has 0 fully saturated rings. The Kier molecular flexibility index (Phi) is 5.35. The van der Waals surface area contributed by atoms with E-state index in [1.807, 2.05) is 18.7 Å². The standard InChI is InChI=1S/C17H27NO2/c1-12(2)18(11-16(19)20)13(3)14-7-9-15(10-8-14)17(4,5)6/h7-10,12-13H,11H2,1-6H3,(H,19,20). The van der Waals surface area contributed by atoms with Gasteiger partial charge in [0, 0.05) is 12.1 Å². The molecule has 3 nitrogen and oxygen atoms in total. The van der Waals surface area contributed by atoms with Gasteiger partial charge in [0.2, 0.25) is 0 Å². The molecule has 20 heavy (non-hydrogen) atoms. The molecule has 0 radical (unpaired) electrons. The Hall–Kier alpha value is -1.35. The minimum absolute atomic E-state index is 0.0693.